The van der Waals surface area contributed by atoms with Crippen molar-refractivity contribution in [3.05, 3.63) is 29.6 Å². The average Bonchev–Trinajstić information content (AvgIpc) is 2.29. The minimum Gasteiger partial charge on any atom is -0.468 e. The Labute approximate surface area is 89.7 Å². The Balaban J connectivity index is 2.46. The number of carbonyl (C=O) groups excluding carboxylic acids is 1. The number of ether oxygens (including phenoxy) is 1. The summed E-state index contributed by atoms with van der Waals surface area (Å²) in [7, 11) is 1.38. The van der Waals surface area contributed by atoms with E-state index in [1.165, 1.54) is 12.7 Å². The Kier molecular flexibility index (Phi) is 4.77. The molecular formula is C11H16N2O2. The molecule has 0 saturated heterocycles. The monoisotopic (exact) mass is 208 g/mol. The summed E-state index contributed by atoms with van der Waals surface area (Å²) in [6.45, 7) is 2.90. The molecule has 1 heterocycles. The Morgan fingerprint density at radius 2 is 2.40 bits per heavy atom. The largest absolute Gasteiger partial charge is 0.468 e. The van der Waals surface area contributed by atoms with Crippen LogP contribution < -0.4 is 5.32 Å². The van der Waals surface area contributed by atoms with Crippen LogP contribution in [0.1, 0.15) is 18.2 Å². The zero-order chi connectivity index (χ0) is 11.1. The molecule has 0 atom stereocenters. The number of nitrogens with zero attached hydrogens (tertiary/aromatic N) is 1. The Bertz CT molecular complexity index is 326. The van der Waals surface area contributed by atoms with Crippen LogP contribution in [0.4, 0.5) is 0 Å². The third kappa shape index (κ3) is 3.67. The maximum Gasteiger partial charge on any atom is 0.319 e. The molecule has 0 spiro atoms. The number of esters is 1. The van der Waals surface area contributed by atoms with Crippen LogP contribution in [-0.2, 0) is 22.5 Å². The van der Waals surface area contributed by atoms with Crippen molar-refractivity contribution in [3.63, 3.8) is 0 Å². The molecule has 1 aromatic rings. The zero-order valence-electron chi connectivity index (χ0n) is 9.12. The van der Waals surface area contributed by atoms with Gasteiger partial charge in [0.1, 0.15) is 0 Å². The molecule has 0 amide bonds. The number of pyridine rings is 1. The van der Waals surface area contributed by atoms with Gasteiger partial charge in [0.25, 0.3) is 0 Å². The van der Waals surface area contributed by atoms with Crippen molar-refractivity contribution in [1.29, 1.82) is 0 Å². The van der Waals surface area contributed by atoms with Gasteiger partial charge in [-0.05, 0) is 18.1 Å². The van der Waals surface area contributed by atoms with Crippen molar-refractivity contribution in [3.8, 4) is 0 Å². The summed E-state index contributed by atoms with van der Waals surface area (Å²) < 4.78 is 4.52. The molecule has 0 aliphatic heterocycles. The first kappa shape index (κ1) is 11.7. The van der Waals surface area contributed by atoms with Crippen LogP contribution in [0.3, 0.4) is 0 Å². The van der Waals surface area contributed by atoms with Crippen LogP contribution in [0.15, 0.2) is 18.3 Å². The average molecular weight is 208 g/mol. The Morgan fingerprint density at radius 3 is 3.07 bits per heavy atom. The van der Waals surface area contributed by atoms with Crippen molar-refractivity contribution in [2.45, 2.75) is 19.9 Å². The summed E-state index contributed by atoms with van der Waals surface area (Å²) in [6, 6.07) is 3.96. The van der Waals surface area contributed by atoms with Crippen LogP contribution in [0.2, 0.25) is 0 Å². The lowest BCUT2D eigenvalue weighted by molar-refractivity contribution is -0.139. The summed E-state index contributed by atoms with van der Waals surface area (Å²) in [5, 5.41) is 2.99. The molecule has 0 bridgehead atoms. The molecule has 4 nitrogen and oxygen atoms in total. The summed E-state index contributed by atoms with van der Waals surface area (Å²) >= 11 is 0. The van der Waals surface area contributed by atoms with E-state index in [2.05, 4.69) is 22.0 Å². The molecule has 15 heavy (non-hydrogen) atoms. The fourth-order valence-electron chi connectivity index (χ4n) is 1.31. The van der Waals surface area contributed by atoms with Crippen molar-refractivity contribution in [1.82, 2.24) is 10.3 Å². The Hall–Kier alpha value is -1.42. The van der Waals surface area contributed by atoms with E-state index in [1.54, 1.807) is 6.20 Å². The van der Waals surface area contributed by atoms with Gasteiger partial charge in [-0.3, -0.25) is 9.78 Å². The Morgan fingerprint density at radius 1 is 1.60 bits per heavy atom. The van der Waals surface area contributed by atoms with Crippen LogP contribution in [-0.4, -0.2) is 24.6 Å². The minimum atomic E-state index is -0.260. The van der Waals surface area contributed by atoms with Gasteiger partial charge in [0.2, 0.25) is 0 Å². The lowest BCUT2D eigenvalue weighted by Gasteiger charge is -2.06. The standard InChI is InChI=1S/C11H16N2O2/c1-3-9-5-4-6-13-10(9)7-12-8-11(14)15-2/h4-6,12H,3,7-8H2,1-2H3. The molecule has 82 valence electrons. The molecule has 0 unspecified atom stereocenters. The van der Waals surface area contributed by atoms with Gasteiger partial charge in [0.15, 0.2) is 0 Å². The van der Waals surface area contributed by atoms with Crippen molar-refractivity contribution in [2.24, 2.45) is 0 Å². The quantitative estimate of drug-likeness (QED) is 0.731. The van der Waals surface area contributed by atoms with Gasteiger partial charge in [-0.2, -0.15) is 0 Å². The number of carbonyl (C=O) groups is 1. The topological polar surface area (TPSA) is 51.2 Å². The van der Waals surface area contributed by atoms with Crippen molar-refractivity contribution < 1.29 is 9.53 Å². The molecule has 0 saturated carbocycles. The van der Waals surface area contributed by atoms with Crippen molar-refractivity contribution >= 4 is 5.97 Å². The third-order valence-corrected chi connectivity index (χ3v) is 2.15. The molecule has 1 N–H and O–H groups in total. The fraction of sp³-hybridized carbons (Fsp3) is 0.455. The van der Waals surface area contributed by atoms with Gasteiger partial charge in [-0.1, -0.05) is 13.0 Å². The van der Waals surface area contributed by atoms with E-state index in [0.717, 1.165) is 12.1 Å². The normalized spacial score (nSPS) is 10.0. The molecule has 1 aromatic heterocycles. The number of methoxy groups -OCH3 is 1. The zero-order valence-corrected chi connectivity index (χ0v) is 9.12. The molecule has 0 radical (unpaired) electrons. The number of rotatable bonds is 5. The second kappa shape index (κ2) is 6.14. The summed E-state index contributed by atoms with van der Waals surface area (Å²) in [6.07, 6.45) is 2.71. The summed E-state index contributed by atoms with van der Waals surface area (Å²) in [5.41, 5.74) is 2.19. The molecule has 0 aromatic carbocycles. The maximum atomic E-state index is 10.9. The van der Waals surface area contributed by atoms with Crippen LogP contribution >= 0.6 is 0 Å². The first-order valence-electron chi connectivity index (χ1n) is 4.98. The smallest absolute Gasteiger partial charge is 0.319 e. The second-order valence-corrected chi connectivity index (χ2v) is 3.14. The highest BCUT2D eigenvalue weighted by Crippen LogP contribution is 2.05. The van der Waals surface area contributed by atoms with E-state index in [1.807, 2.05) is 12.1 Å². The predicted octanol–water partition coefficient (Wildman–Crippen LogP) is 0.907. The molecule has 1 rings (SSSR count). The summed E-state index contributed by atoms with van der Waals surface area (Å²) in [5.74, 6) is -0.260. The molecular weight excluding hydrogens is 192 g/mol. The van der Waals surface area contributed by atoms with Crippen LogP contribution in [0.25, 0.3) is 0 Å². The van der Waals surface area contributed by atoms with Crippen LogP contribution in [0, 0.1) is 0 Å². The van der Waals surface area contributed by atoms with Gasteiger partial charge in [-0.15, -0.1) is 0 Å². The predicted molar refractivity (Wildman–Crippen MR) is 57.3 cm³/mol. The minimum absolute atomic E-state index is 0.218. The first-order valence-corrected chi connectivity index (χ1v) is 4.98. The molecule has 4 heteroatoms. The van der Waals surface area contributed by atoms with Gasteiger partial charge >= 0.3 is 5.97 Å². The van der Waals surface area contributed by atoms with E-state index in [0.29, 0.717) is 6.54 Å². The highest BCUT2D eigenvalue weighted by Gasteiger charge is 2.03. The van der Waals surface area contributed by atoms with Crippen LogP contribution in [0.5, 0.6) is 0 Å². The maximum absolute atomic E-state index is 10.9. The lowest BCUT2D eigenvalue weighted by atomic mass is 10.1. The molecule has 0 aliphatic carbocycles. The van der Waals surface area contributed by atoms with Gasteiger partial charge in [-0.25, -0.2) is 0 Å². The molecule has 0 fully saturated rings. The highest BCUT2D eigenvalue weighted by atomic mass is 16.5. The third-order valence-electron chi connectivity index (χ3n) is 2.15. The van der Waals surface area contributed by atoms with E-state index in [4.69, 9.17) is 0 Å². The van der Waals surface area contributed by atoms with Crippen molar-refractivity contribution in [2.75, 3.05) is 13.7 Å². The van der Waals surface area contributed by atoms with Gasteiger partial charge in [0, 0.05) is 12.7 Å². The highest BCUT2D eigenvalue weighted by molar-refractivity contribution is 5.71. The van der Waals surface area contributed by atoms with E-state index < -0.39 is 0 Å². The number of nitrogens with one attached hydrogen (secondary N) is 1. The van der Waals surface area contributed by atoms with Gasteiger partial charge < -0.3 is 10.1 Å². The fourth-order valence-corrected chi connectivity index (χ4v) is 1.31. The number of aryl methyl sites for hydroxylation is 1. The summed E-state index contributed by atoms with van der Waals surface area (Å²) in [4.78, 5) is 15.1. The van der Waals surface area contributed by atoms with Gasteiger partial charge in [0.05, 0.1) is 19.3 Å². The molecule has 0 aliphatic rings. The lowest BCUT2D eigenvalue weighted by Crippen LogP contribution is -2.24. The first-order chi connectivity index (χ1) is 7.27. The SMILES string of the molecule is CCc1cccnc1CNCC(=O)OC. The van der Waals surface area contributed by atoms with E-state index in [-0.39, 0.29) is 12.5 Å². The van der Waals surface area contributed by atoms with E-state index >= 15 is 0 Å². The van der Waals surface area contributed by atoms with E-state index in [9.17, 15) is 4.79 Å². The number of hydrogen-bond donors (Lipinski definition) is 1. The number of aromatic nitrogens is 1. The second-order valence-electron chi connectivity index (χ2n) is 3.14. The number of hydrogen-bond acceptors (Lipinski definition) is 4.